The molecule has 0 aliphatic rings. The monoisotopic (exact) mass is 787 g/mol. The fraction of sp³-hybridized carbons (Fsp3) is 0.820. The summed E-state index contributed by atoms with van der Waals surface area (Å²) in [6, 6.07) is 0. The van der Waals surface area contributed by atoms with Crippen LogP contribution in [0.4, 0.5) is 0 Å². The van der Waals surface area contributed by atoms with Crippen molar-refractivity contribution in [1.82, 2.24) is 0 Å². The molecule has 56 heavy (non-hydrogen) atoms. The Morgan fingerprint density at radius 1 is 0.339 bits per heavy atom. The van der Waals surface area contributed by atoms with Crippen LogP contribution in [0.15, 0.2) is 36.5 Å². The maximum atomic E-state index is 12.7. The van der Waals surface area contributed by atoms with E-state index >= 15 is 0 Å². The summed E-state index contributed by atoms with van der Waals surface area (Å²) >= 11 is 0. The third-order valence-electron chi connectivity index (χ3n) is 10.3. The van der Waals surface area contributed by atoms with E-state index in [2.05, 4.69) is 57.2 Å². The third-order valence-corrected chi connectivity index (χ3v) is 10.3. The van der Waals surface area contributed by atoms with Crippen LogP contribution in [-0.4, -0.2) is 37.2 Å². The molecular formula is C50H90O6. The highest BCUT2D eigenvalue weighted by atomic mass is 16.6. The normalized spacial score (nSPS) is 12.3. The molecule has 0 aromatic heterocycles. The number of hydrogen-bond acceptors (Lipinski definition) is 6. The van der Waals surface area contributed by atoms with Crippen LogP contribution in [0.2, 0.25) is 0 Å². The average molecular weight is 787 g/mol. The van der Waals surface area contributed by atoms with Gasteiger partial charge in [0.15, 0.2) is 6.10 Å². The van der Waals surface area contributed by atoms with Crippen molar-refractivity contribution in [3.8, 4) is 0 Å². The highest BCUT2D eigenvalue weighted by Gasteiger charge is 2.19. The lowest BCUT2D eigenvalue weighted by Crippen LogP contribution is -2.30. The lowest BCUT2D eigenvalue weighted by molar-refractivity contribution is -0.167. The van der Waals surface area contributed by atoms with Gasteiger partial charge in [0.25, 0.3) is 0 Å². The molecule has 6 heteroatoms. The van der Waals surface area contributed by atoms with E-state index in [1.54, 1.807) is 0 Å². The lowest BCUT2D eigenvalue weighted by Gasteiger charge is -2.18. The molecule has 0 bridgehead atoms. The van der Waals surface area contributed by atoms with Crippen LogP contribution in [0.3, 0.4) is 0 Å². The van der Waals surface area contributed by atoms with Gasteiger partial charge in [0.2, 0.25) is 0 Å². The number of rotatable bonds is 43. The Kier molecular flexibility index (Phi) is 43.4. The highest BCUT2D eigenvalue weighted by molar-refractivity contribution is 5.71. The number of allylic oxidation sites excluding steroid dienone is 6. The summed E-state index contributed by atoms with van der Waals surface area (Å²) in [6.45, 7) is 6.56. The van der Waals surface area contributed by atoms with Crippen molar-refractivity contribution >= 4 is 17.9 Å². The van der Waals surface area contributed by atoms with Gasteiger partial charge in [-0.15, -0.1) is 0 Å². The van der Waals surface area contributed by atoms with Gasteiger partial charge in [0.1, 0.15) is 13.2 Å². The van der Waals surface area contributed by atoms with E-state index in [0.717, 1.165) is 83.5 Å². The lowest BCUT2D eigenvalue weighted by atomic mass is 10.1. The minimum absolute atomic E-state index is 0.0815. The Morgan fingerprint density at radius 2 is 0.589 bits per heavy atom. The first-order valence-corrected chi connectivity index (χ1v) is 24.0. The SMILES string of the molecule is CCCCC/C=C\CCCCCCCC(=O)OC[C@H](COC(=O)CCCCCCC/C=C\CCCCCC)OC(=O)CCCCCCC/C=C\CCCCCC. The van der Waals surface area contributed by atoms with Gasteiger partial charge in [-0.1, -0.05) is 166 Å². The molecule has 0 N–H and O–H groups in total. The molecule has 1 atom stereocenters. The molecule has 0 saturated carbocycles. The minimum atomic E-state index is -0.779. The van der Waals surface area contributed by atoms with Crippen LogP contribution in [0.1, 0.15) is 245 Å². The van der Waals surface area contributed by atoms with Gasteiger partial charge in [-0.05, 0) is 96.3 Å². The summed E-state index contributed by atoms with van der Waals surface area (Å²) in [5, 5.41) is 0. The average Bonchev–Trinajstić information content (AvgIpc) is 3.19. The molecule has 0 aliphatic heterocycles. The van der Waals surface area contributed by atoms with Crippen molar-refractivity contribution in [2.24, 2.45) is 0 Å². The maximum Gasteiger partial charge on any atom is 0.306 e. The van der Waals surface area contributed by atoms with E-state index in [0.29, 0.717) is 19.3 Å². The highest BCUT2D eigenvalue weighted by Crippen LogP contribution is 2.14. The first kappa shape index (κ1) is 53.6. The summed E-state index contributed by atoms with van der Waals surface area (Å²) in [5.74, 6) is -0.904. The number of esters is 3. The van der Waals surface area contributed by atoms with E-state index < -0.39 is 6.10 Å². The Hall–Kier alpha value is -2.37. The fourth-order valence-electron chi connectivity index (χ4n) is 6.66. The van der Waals surface area contributed by atoms with Crippen LogP contribution >= 0.6 is 0 Å². The van der Waals surface area contributed by atoms with Crippen LogP contribution in [-0.2, 0) is 28.6 Å². The Balaban J connectivity index is 4.40. The number of ether oxygens (including phenoxy) is 3. The summed E-state index contributed by atoms with van der Waals surface area (Å²) in [7, 11) is 0. The first-order valence-electron chi connectivity index (χ1n) is 24.0. The molecule has 0 heterocycles. The Labute approximate surface area is 346 Å². The number of carbonyl (C=O) groups excluding carboxylic acids is 3. The quantitative estimate of drug-likeness (QED) is 0.0265. The predicted molar refractivity (Wildman–Crippen MR) is 238 cm³/mol. The van der Waals surface area contributed by atoms with Gasteiger partial charge in [-0.25, -0.2) is 0 Å². The van der Waals surface area contributed by atoms with E-state index in [1.807, 2.05) is 0 Å². The molecule has 0 spiro atoms. The molecule has 0 rings (SSSR count). The molecule has 0 radical (unpaired) electrons. The summed E-state index contributed by atoms with van der Waals surface area (Å²) < 4.78 is 16.7. The molecule has 0 aliphatic carbocycles. The summed E-state index contributed by atoms with van der Waals surface area (Å²) in [5.41, 5.74) is 0. The standard InChI is InChI=1S/C50H90O6/c1-4-7-10-13-16-19-22-25-28-31-34-37-40-43-49(52)55-46-47(45-54-48(51)42-39-36-33-30-27-24-21-18-15-12-9-6-3)56-50(53)44-41-38-35-32-29-26-23-20-17-14-11-8-5-2/h18-23,47H,4-17,24-46H2,1-3H3/b21-18-,22-19-,23-20-/t47-/m1/s1. The second kappa shape index (κ2) is 45.3. The topological polar surface area (TPSA) is 78.9 Å². The van der Waals surface area contributed by atoms with Crippen molar-refractivity contribution in [3.63, 3.8) is 0 Å². The van der Waals surface area contributed by atoms with Crippen LogP contribution in [0.25, 0.3) is 0 Å². The molecular weight excluding hydrogens is 697 g/mol. The Morgan fingerprint density at radius 3 is 0.929 bits per heavy atom. The van der Waals surface area contributed by atoms with Crippen LogP contribution in [0, 0.1) is 0 Å². The Bertz CT molecular complexity index is 953. The van der Waals surface area contributed by atoms with Gasteiger partial charge < -0.3 is 14.2 Å². The molecule has 0 aromatic rings. The van der Waals surface area contributed by atoms with E-state index in [9.17, 15) is 14.4 Å². The van der Waals surface area contributed by atoms with Crippen molar-refractivity contribution in [2.75, 3.05) is 13.2 Å². The maximum absolute atomic E-state index is 12.7. The largest absolute Gasteiger partial charge is 0.462 e. The smallest absolute Gasteiger partial charge is 0.306 e. The van der Waals surface area contributed by atoms with E-state index in [-0.39, 0.29) is 31.1 Å². The molecule has 6 nitrogen and oxygen atoms in total. The summed E-state index contributed by atoms with van der Waals surface area (Å²) in [6.07, 6.45) is 51.2. The van der Waals surface area contributed by atoms with E-state index in [1.165, 1.54) is 122 Å². The molecule has 0 saturated heterocycles. The molecule has 0 amide bonds. The van der Waals surface area contributed by atoms with Gasteiger partial charge in [-0.3, -0.25) is 14.4 Å². The molecule has 326 valence electrons. The van der Waals surface area contributed by atoms with Crippen LogP contribution < -0.4 is 0 Å². The summed E-state index contributed by atoms with van der Waals surface area (Å²) in [4.78, 5) is 37.8. The number of hydrogen-bond donors (Lipinski definition) is 0. The van der Waals surface area contributed by atoms with Crippen molar-refractivity contribution in [1.29, 1.82) is 0 Å². The van der Waals surface area contributed by atoms with Crippen molar-refractivity contribution in [2.45, 2.75) is 252 Å². The fourth-order valence-corrected chi connectivity index (χ4v) is 6.66. The zero-order chi connectivity index (χ0) is 40.8. The van der Waals surface area contributed by atoms with Gasteiger partial charge in [-0.2, -0.15) is 0 Å². The second-order valence-corrected chi connectivity index (χ2v) is 16.0. The minimum Gasteiger partial charge on any atom is -0.462 e. The van der Waals surface area contributed by atoms with Crippen molar-refractivity contribution < 1.29 is 28.6 Å². The first-order chi connectivity index (χ1) is 27.5. The number of unbranched alkanes of at least 4 members (excludes halogenated alkanes) is 26. The zero-order valence-corrected chi connectivity index (χ0v) is 37.2. The number of carbonyl (C=O) groups is 3. The predicted octanol–water partition coefficient (Wildman–Crippen LogP) is 15.4. The van der Waals surface area contributed by atoms with Gasteiger partial charge in [0.05, 0.1) is 0 Å². The van der Waals surface area contributed by atoms with Crippen LogP contribution in [0.5, 0.6) is 0 Å². The molecule has 0 unspecified atom stereocenters. The van der Waals surface area contributed by atoms with Gasteiger partial charge >= 0.3 is 17.9 Å². The molecule has 0 aromatic carbocycles. The van der Waals surface area contributed by atoms with E-state index in [4.69, 9.17) is 14.2 Å². The molecule has 0 fully saturated rings. The second-order valence-electron chi connectivity index (χ2n) is 16.0. The van der Waals surface area contributed by atoms with Crippen molar-refractivity contribution in [3.05, 3.63) is 36.5 Å². The zero-order valence-electron chi connectivity index (χ0n) is 37.2. The third kappa shape index (κ3) is 42.8. The van der Waals surface area contributed by atoms with Gasteiger partial charge in [0, 0.05) is 19.3 Å².